The summed E-state index contributed by atoms with van der Waals surface area (Å²) in [5.41, 5.74) is 0.129. The fraction of sp³-hybridized carbons (Fsp3) is 0.231. The predicted octanol–water partition coefficient (Wildman–Crippen LogP) is 2.30. The fourth-order valence-corrected chi connectivity index (χ4v) is 3.78. The standard InChI is InChI=1S/C13H13NO3S2/c1-14(2)12(15)11-8(13(16)17)5-6-10(19-11)9-4-3-7-18-9/h3-7,11H,1-2H3,(H,16,17). The third kappa shape index (κ3) is 2.90. The molecule has 1 aliphatic rings. The molecule has 19 heavy (non-hydrogen) atoms. The van der Waals surface area contributed by atoms with Gasteiger partial charge in [0.25, 0.3) is 0 Å². The van der Waals surface area contributed by atoms with Crippen LogP contribution in [0.2, 0.25) is 0 Å². The van der Waals surface area contributed by atoms with Gasteiger partial charge in [-0.25, -0.2) is 4.79 Å². The van der Waals surface area contributed by atoms with E-state index in [2.05, 4.69) is 0 Å². The minimum absolute atomic E-state index is 0.129. The molecule has 0 saturated carbocycles. The van der Waals surface area contributed by atoms with Gasteiger partial charge in [0.1, 0.15) is 5.25 Å². The van der Waals surface area contributed by atoms with E-state index in [1.54, 1.807) is 31.5 Å². The molecule has 0 aliphatic carbocycles. The Bertz CT molecular complexity index is 558. The molecular formula is C13H13NO3S2. The quantitative estimate of drug-likeness (QED) is 0.929. The first-order chi connectivity index (χ1) is 9.00. The van der Waals surface area contributed by atoms with Crippen molar-refractivity contribution in [3.63, 3.8) is 0 Å². The number of amides is 1. The molecule has 1 N–H and O–H groups in total. The lowest BCUT2D eigenvalue weighted by molar-refractivity contribution is -0.135. The topological polar surface area (TPSA) is 57.6 Å². The van der Waals surface area contributed by atoms with E-state index < -0.39 is 11.2 Å². The molecule has 1 amide bonds. The summed E-state index contributed by atoms with van der Waals surface area (Å²) >= 11 is 2.86. The highest BCUT2D eigenvalue weighted by Crippen LogP contribution is 2.40. The van der Waals surface area contributed by atoms with Crippen LogP contribution in [-0.2, 0) is 9.59 Å². The summed E-state index contributed by atoms with van der Waals surface area (Å²) in [5, 5.41) is 10.4. The zero-order valence-electron chi connectivity index (χ0n) is 10.5. The number of hydrogen-bond donors (Lipinski definition) is 1. The van der Waals surface area contributed by atoms with Crippen molar-refractivity contribution >= 4 is 39.9 Å². The van der Waals surface area contributed by atoms with E-state index in [9.17, 15) is 14.7 Å². The molecule has 100 valence electrons. The van der Waals surface area contributed by atoms with Gasteiger partial charge in [0, 0.05) is 23.9 Å². The van der Waals surface area contributed by atoms with Crippen LogP contribution in [0.15, 0.2) is 35.2 Å². The molecule has 1 aliphatic heterocycles. The van der Waals surface area contributed by atoms with Gasteiger partial charge in [-0.15, -0.1) is 23.1 Å². The number of carbonyl (C=O) groups excluding carboxylic acids is 1. The van der Waals surface area contributed by atoms with E-state index in [-0.39, 0.29) is 11.5 Å². The third-order valence-electron chi connectivity index (χ3n) is 2.62. The van der Waals surface area contributed by atoms with Crippen LogP contribution in [0.3, 0.4) is 0 Å². The Kier molecular flexibility index (Phi) is 4.11. The van der Waals surface area contributed by atoms with E-state index in [1.807, 2.05) is 17.5 Å². The van der Waals surface area contributed by atoms with Gasteiger partial charge in [-0.2, -0.15) is 0 Å². The molecule has 0 bridgehead atoms. The molecular weight excluding hydrogens is 282 g/mol. The lowest BCUT2D eigenvalue weighted by Gasteiger charge is -2.23. The van der Waals surface area contributed by atoms with Crippen molar-refractivity contribution in [2.75, 3.05) is 14.1 Å². The molecule has 6 heteroatoms. The smallest absolute Gasteiger partial charge is 0.333 e. The molecule has 0 aromatic carbocycles. The molecule has 1 aromatic rings. The van der Waals surface area contributed by atoms with Crippen LogP contribution >= 0.6 is 23.1 Å². The van der Waals surface area contributed by atoms with E-state index in [4.69, 9.17) is 0 Å². The number of rotatable bonds is 3. The van der Waals surface area contributed by atoms with Crippen molar-refractivity contribution in [1.82, 2.24) is 4.90 Å². The largest absolute Gasteiger partial charge is 0.478 e. The van der Waals surface area contributed by atoms with Crippen LogP contribution < -0.4 is 0 Å². The highest BCUT2D eigenvalue weighted by atomic mass is 32.2. The number of allylic oxidation sites excluding steroid dienone is 2. The summed E-state index contributed by atoms with van der Waals surface area (Å²) in [5.74, 6) is -1.25. The first-order valence-electron chi connectivity index (χ1n) is 5.57. The van der Waals surface area contributed by atoms with Crippen LogP contribution in [0.5, 0.6) is 0 Å². The molecule has 1 aromatic heterocycles. The molecule has 1 unspecified atom stereocenters. The Hall–Kier alpha value is -1.53. The summed E-state index contributed by atoms with van der Waals surface area (Å²) in [6.45, 7) is 0. The van der Waals surface area contributed by atoms with Gasteiger partial charge in [0.2, 0.25) is 5.91 Å². The second kappa shape index (κ2) is 5.63. The maximum absolute atomic E-state index is 12.1. The summed E-state index contributed by atoms with van der Waals surface area (Å²) in [6.07, 6.45) is 3.29. The Balaban J connectivity index is 2.35. The Labute approximate surface area is 119 Å². The number of carboxylic acids is 1. The van der Waals surface area contributed by atoms with Crippen LogP contribution in [0.25, 0.3) is 4.91 Å². The number of thioether (sulfide) groups is 1. The van der Waals surface area contributed by atoms with E-state index in [0.717, 1.165) is 9.78 Å². The van der Waals surface area contributed by atoms with Crippen LogP contribution in [0.1, 0.15) is 4.88 Å². The van der Waals surface area contributed by atoms with Gasteiger partial charge < -0.3 is 10.0 Å². The minimum atomic E-state index is -1.05. The Morgan fingerprint density at radius 1 is 1.32 bits per heavy atom. The van der Waals surface area contributed by atoms with Gasteiger partial charge in [-0.3, -0.25) is 4.79 Å². The predicted molar refractivity (Wildman–Crippen MR) is 78.1 cm³/mol. The zero-order valence-corrected chi connectivity index (χ0v) is 12.1. The van der Waals surface area contributed by atoms with Crippen LogP contribution in [0, 0.1) is 0 Å². The average Bonchev–Trinajstić information content (AvgIpc) is 2.90. The van der Waals surface area contributed by atoms with Gasteiger partial charge in [0.05, 0.1) is 5.57 Å². The normalized spacial score (nSPS) is 18.5. The maximum atomic E-state index is 12.1. The number of carbonyl (C=O) groups is 2. The summed E-state index contributed by atoms with van der Waals surface area (Å²) in [6, 6.07) is 3.89. The number of carboxylic acid groups (broad SMARTS) is 1. The minimum Gasteiger partial charge on any atom is -0.478 e. The molecule has 0 saturated heterocycles. The molecule has 2 heterocycles. The van der Waals surface area contributed by atoms with Gasteiger partial charge in [0.15, 0.2) is 0 Å². The lowest BCUT2D eigenvalue weighted by Crippen LogP contribution is -2.35. The maximum Gasteiger partial charge on any atom is 0.333 e. The average molecular weight is 295 g/mol. The molecule has 4 nitrogen and oxygen atoms in total. The monoisotopic (exact) mass is 295 g/mol. The second-order valence-corrected chi connectivity index (χ2v) is 6.26. The first-order valence-corrected chi connectivity index (χ1v) is 7.33. The van der Waals surface area contributed by atoms with Gasteiger partial charge in [-0.1, -0.05) is 6.07 Å². The SMILES string of the molecule is CN(C)C(=O)C1SC(c2cccs2)=CC=C1C(=O)O. The Morgan fingerprint density at radius 2 is 2.05 bits per heavy atom. The summed E-state index contributed by atoms with van der Waals surface area (Å²) in [4.78, 5) is 26.7. The Morgan fingerprint density at radius 3 is 2.58 bits per heavy atom. The second-order valence-electron chi connectivity index (χ2n) is 4.17. The van der Waals surface area contributed by atoms with Crippen molar-refractivity contribution in [3.8, 4) is 0 Å². The van der Waals surface area contributed by atoms with E-state index >= 15 is 0 Å². The first kappa shape index (κ1) is 13.9. The molecule has 0 spiro atoms. The van der Waals surface area contributed by atoms with E-state index in [0.29, 0.717) is 0 Å². The fourth-order valence-electron chi connectivity index (χ4n) is 1.64. The number of hydrogen-bond acceptors (Lipinski definition) is 4. The van der Waals surface area contributed by atoms with Gasteiger partial charge >= 0.3 is 5.97 Å². The van der Waals surface area contributed by atoms with Gasteiger partial charge in [-0.05, 0) is 23.6 Å². The van der Waals surface area contributed by atoms with Crippen molar-refractivity contribution in [2.24, 2.45) is 0 Å². The zero-order chi connectivity index (χ0) is 14.0. The summed E-state index contributed by atoms with van der Waals surface area (Å²) in [7, 11) is 3.26. The number of thiophene rings is 1. The van der Waals surface area contributed by atoms with E-state index in [1.165, 1.54) is 22.7 Å². The van der Waals surface area contributed by atoms with Crippen LogP contribution in [-0.4, -0.2) is 41.2 Å². The third-order valence-corrected chi connectivity index (χ3v) is 4.95. The van der Waals surface area contributed by atoms with Crippen molar-refractivity contribution in [1.29, 1.82) is 0 Å². The molecule has 0 fully saturated rings. The highest BCUT2D eigenvalue weighted by molar-refractivity contribution is 8.10. The van der Waals surface area contributed by atoms with Crippen molar-refractivity contribution < 1.29 is 14.7 Å². The number of aliphatic carboxylic acids is 1. The lowest BCUT2D eigenvalue weighted by atomic mass is 10.1. The van der Waals surface area contributed by atoms with Crippen molar-refractivity contribution in [3.05, 3.63) is 40.1 Å². The van der Waals surface area contributed by atoms with Crippen LogP contribution in [0.4, 0.5) is 0 Å². The molecule has 2 rings (SSSR count). The highest BCUT2D eigenvalue weighted by Gasteiger charge is 2.32. The molecule has 1 atom stereocenters. The number of nitrogens with zero attached hydrogens (tertiary/aromatic N) is 1. The molecule has 0 radical (unpaired) electrons. The van der Waals surface area contributed by atoms with Crippen molar-refractivity contribution in [2.45, 2.75) is 5.25 Å². The summed E-state index contributed by atoms with van der Waals surface area (Å²) < 4.78 is 0.